The van der Waals surface area contributed by atoms with Crippen molar-refractivity contribution in [3.05, 3.63) is 99.3 Å². The fourth-order valence-electron chi connectivity index (χ4n) is 5.93. The van der Waals surface area contributed by atoms with E-state index < -0.39 is 35.0 Å². The smallest absolute Gasteiger partial charge is 0.341 e. The first-order valence-corrected chi connectivity index (χ1v) is 14.9. The predicted molar refractivity (Wildman–Crippen MR) is 167 cm³/mol. The van der Waals surface area contributed by atoms with E-state index in [1.165, 1.54) is 16.8 Å². The van der Waals surface area contributed by atoms with E-state index in [4.69, 9.17) is 17.3 Å². The van der Waals surface area contributed by atoms with Crippen LogP contribution in [0, 0.1) is 10.6 Å². The van der Waals surface area contributed by atoms with E-state index in [0.29, 0.717) is 54.5 Å². The molecule has 3 heterocycles. The molecule has 2 aliphatic rings. The lowest BCUT2D eigenvalue weighted by molar-refractivity contribution is 0.0694. The van der Waals surface area contributed by atoms with E-state index >= 15 is 4.39 Å². The van der Waals surface area contributed by atoms with E-state index in [9.17, 15) is 24.2 Å². The van der Waals surface area contributed by atoms with Crippen LogP contribution in [0.1, 0.15) is 22.8 Å². The fraction of sp³-hybridized carbons (Fsp3) is 0.250. The van der Waals surface area contributed by atoms with Gasteiger partial charge in [-0.05, 0) is 48.6 Å². The Morgan fingerprint density at radius 1 is 1.02 bits per heavy atom. The minimum atomic E-state index is -1.44. The number of phenolic OH excluding ortho intramolecular Hbond substituents is 1. The number of pyridine rings is 1. The number of benzene rings is 3. The molecule has 0 radical (unpaired) electrons. The Labute approximate surface area is 260 Å². The van der Waals surface area contributed by atoms with E-state index in [-0.39, 0.29) is 23.2 Å². The van der Waals surface area contributed by atoms with Crippen LogP contribution in [0.5, 0.6) is 5.75 Å². The molecular formula is C32H28F2N6O4S. The highest BCUT2D eigenvalue weighted by molar-refractivity contribution is 7.71. The second-order valence-electron chi connectivity index (χ2n) is 11.3. The van der Waals surface area contributed by atoms with Crippen molar-refractivity contribution in [2.24, 2.45) is 0 Å². The van der Waals surface area contributed by atoms with Crippen molar-refractivity contribution in [3.63, 3.8) is 0 Å². The lowest BCUT2D eigenvalue weighted by atomic mass is 10.1. The van der Waals surface area contributed by atoms with Crippen molar-refractivity contribution >= 4 is 34.8 Å². The third-order valence-electron chi connectivity index (χ3n) is 8.42. The number of alkyl halides is 1. The number of aromatic carboxylic acids is 1. The van der Waals surface area contributed by atoms with Gasteiger partial charge in [-0.1, -0.05) is 30.3 Å². The number of carbonyl (C=O) groups is 1. The molecule has 0 amide bonds. The SMILES string of the molecule is O=C(O)c1cn([C@@H]2C[C@@H]2F)c2cc(N3CCN(Cn4nc(-c5ccccc5O)n(-c5ccccc5)c4=S)CC3)c(F)cc2c1=O. The van der Waals surface area contributed by atoms with Crippen LogP contribution in [-0.2, 0) is 6.67 Å². The third kappa shape index (κ3) is 5.17. The summed E-state index contributed by atoms with van der Waals surface area (Å²) < 4.78 is 35.0. The lowest BCUT2D eigenvalue weighted by Gasteiger charge is -2.36. The van der Waals surface area contributed by atoms with Crippen LogP contribution in [0.4, 0.5) is 14.5 Å². The van der Waals surface area contributed by atoms with Gasteiger partial charge in [-0.25, -0.2) is 18.3 Å². The van der Waals surface area contributed by atoms with Crippen molar-refractivity contribution in [2.45, 2.75) is 25.3 Å². The number of carboxylic acids is 1. The maximum absolute atomic E-state index is 15.5. The first-order valence-electron chi connectivity index (χ1n) is 14.5. The highest BCUT2D eigenvalue weighted by Gasteiger charge is 2.40. The molecule has 2 fully saturated rings. The van der Waals surface area contributed by atoms with Crippen molar-refractivity contribution in [1.29, 1.82) is 0 Å². The Hall–Kier alpha value is -4.88. The fourth-order valence-corrected chi connectivity index (χ4v) is 6.22. The molecule has 2 aromatic heterocycles. The topological polar surface area (TPSA) is 109 Å². The Balaban J connectivity index is 1.16. The maximum atomic E-state index is 15.5. The van der Waals surface area contributed by atoms with Gasteiger partial charge in [0.15, 0.2) is 5.82 Å². The summed E-state index contributed by atoms with van der Waals surface area (Å²) in [5.74, 6) is -1.50. The number of hydrogen-bond acceptors (Lipinski definition) is 7. The van der Waals surface area contributed by atoms with Gasteiger partial charge in [-0.3, -0.25) is 14.3 Å². The number of hydrogen-bond donors (Lipinski definition) is 2. The number of halogens is 2. The summed E-state index contributed by atoms with van der Waals surface area (Å²) in [6.45, 7) is 2.36. The number of anilines is 1. The molecule has 10 nitrogen and oxygen atoms in total. The molecular weight excluding hydrogens is 602 g/mol. The zero-order valence-electron chi connectivity index (χ0n) is 23.9. The van der Waals surface area contributed by atoms with Crippen LogP contribution in [0.2, 0.25) is 0 Å². The predicted octanol–water partition coefficient (Wildman–Crippen LogP) is 4.99. The van der Waals surface area contributed by atoms with Crippen LogP contribution < -0.4 is 10.3 Å². The number of rotatable bonds is 7. The molecule has 0 spiro atoms. The average molecular weight is 631 g/mol. The molecule has 230 valence electrons. The standard InChI is InChI=1S/C32H28F2N6O4S/c33-23-14-21-25(38(27-15-24(27)34)17-22(29(21)42)31(43)44)16-26(23)37-12-10-36(11-13-37)18-39-32(45)40(19-6-2-1-3-7-19)30(35-39)20-8-4-5-9-28(20)41/h1-9,14,16-17,24,27,41H,10-13,15,18H2,(H,43,44)/t24-,27+/m0/s1. The van der Waals surface area contributed by atoms with Gasteiger partial charge in [0.05, 0.1) is 29.5 Å². The first kappa shape index (κ1) is 28.9. The second kappa shape index (κ2) is 11.2. The number of aromatic nitrogens is 4. The van der Waals surface area contributed by atoms with Crippen LogP contribution in [0.15, 0.2) is 77.7 Å². The van der Waals surface area contributed by atoms with Gasteiger partial charge < -0.3 is 19.7 Å². The van der Waals surface area contributed by atoms with Crippen LogP contribution in [0.3, 0.4) is 0 Å². The summed E-state index contributed by atoms with van der Waals surface area (Å²) in [6, 6.07) is 18.5. The van der Waals surface area contributed by atoms with E-state index in [2.05, 4.69) is 4.90 Å². The Kier molecular flexibility index (Phi) is 7.21. The van der Waals surface area contributed by atoms with Gasteiger partial charge in [0.25, 0.3) is 0 Å². The van der Waals surface area contributed by atoms with Crippen molar-refractivity contribution < 1.29 is 23.8 Å². The summed E-state index contributed by atoms with van der Waals surface area (Å²) in [5.41, 5.74) is 0.616. The van der Waals surface area contributed by atoms with Crippen molar-refractivity contribution in [1.82, 2.24) is 23.8 Å². The molecule has 0 bridgehead atoms. The molecule has 7 rings (SSSR count). The lowest BCUT2D eigenvalue weighted by Crippen LogP contribution is -2.47. The van der Waals surface area contributed by atoms with E-state index in [1.54, 1.807) is 22.9 Å². The number of piperazine rings is 1. The van der Waals surface area contributed by atoms with Gasteiger partial charge in [-0.2, -0.15) is 0 Å². The van der Waals surface area contributed by atoms with Gasteiger partial charge in [0.2, 0.25) is 10.2 Å². The van der Waals surface area contributed by atoms with Gasteiger partial charge in [0, 0.05) is 49.9 Å². The minimum absolute atomic E-state index is 0.0844. The first-order chi connectivity index (χ1) is 21.7. The molecule has 0 unspecified atom stereocenters. The van der Waals surface area contributed by atoms with Crippen molar-refractivity contribution in [2.75, 3.05) is 31.1 Å². The summed E-state index contributed by atoms with van der Waals surface area (Å²) in [7, 11) is 0. The molecule has 5 aromatic rings. The summed E-state index contributed by atoms with van der Waals surface area (Å²) in [4.78, 5) is 28.5. The molecule has 1 aliphatic heterocycles. The molecule has 13 heteroatoms. The molecule has 3 aromatic carbocycles. The Morgan fingerprint density at radius 2 is 1.71 bits per heavy atom. The van der Waals surface area contributed by atoms with Crippen LogP contribution in [0.25, 0.3) is 28.0 Å². The van der Waals surface area contributed by atoms with Gasteiger partial charge in [0.1, 0.15) is 23.3 Å². The number of nitrogens with zero attached hydrogens (tertiary/aromatic N) is 6. The third-order valence-corrected chi connectivity index (χ3v) is 8.81. The average Bonchev–Trinajstić information content (AvgIpc) is 3.68. The van der Waals surface area contributed by atoms with Gasteiger partial charge >= 0.3 is 5.97 Å². The molecule has 1 saturated carbocycles. The number of phenols is 1. The second-order valence-corrected chi connectivity index (χ2v) is 11.6. The van der Waals surface area contributed by atoms with Crippen LogP contribution >= 0.6 is 12.2 Å². The summed E-state index contributed by atoms with van der Waals surface area (Å²) in [5, 5.41) is 24.8. The molecule has 2 atom stereocenters. The molecule has 45 heavy (non-hydrogen) atoms. The number of para-hydroxylation sites is 2. The molecule has 1 saturated heterocycles. The largest absolute Gasteiger partial charge is 0.507 e. The quantitative estimate of drug-likeness (QED) is 0.242. The summed E-state index contributed by atoms with van der Waals surface area (Å²) >= 11 is 5.85. The zero-order valence-corrected chi connectivity index (χ0v) is 24.7. The summed E-state index contributed by atoms with van der Waals surface area (Å²) in [6.07, 6.45) is 0.215. The minimum Gasteiger partial charge on any atom is -0.507 e. The molecule has 1 aliphatic carbocycles. The van der Waals surface area contributed by atoms with Crippen molar-refractivity contribution in [3.8, 4) is 22.8 Å². The Bertz CT molecular complexity index is 2070. The number of carboxylic acid groups (broad SMARTS) is 1. The highest BCUT2D eigenvalue weighted by atomic mass is 32.1. The van der Waals surface area contributed by atoms with E-state index in [1.807, 2.05) is 45.9 Å². The van der Waals surface area contributed by atoms with E-state index in [0.717, 1.165) is 11.8 Å². The normalized spacial score (nSPS) is 18.4. The monoisotopic (exact) mass is 630 g/mol. The maximum Gasteiger partial charge on any atom is 0.341 e. The van der Waals surface area contributed by atoms with Gasteiger partial charge in [-0.15, -0.1) is 5.10 Å². The molecule has 2 N–H and O–H groups in total. The number of fused-ring (bicyclic) bond motifs is 1. The highest BCUT2D eigenvalue weighted by Crippen LogP contribution is 2.41. The number of aromatic hydroxyl groups is 1. The van der Waals surface area contributed by atoms with Crippen LogP contribution in [-0.4, -0.2) is 72.3 Å². The Morgan fingerprint density at radius 3 is 2.38 bits per heavy atom. The zero-order chi connectivity index (χ0) is 31.4.